The van der Waals surface area contributed by atoms with Crippen molar-refractivity contribution in [3.8, 4) is 0 Å². The molecule has 1 atom stereocenters. The summed E-state index contributed by atoms with van der Waals surface area (Å²) in [5.41, 5.74) is 5.03. The fraction of sp³-hybridized carbons (Fsp3) is 0.429. The number of para-hydroxylation sites is 1. The van der Waals surface area contributed by atoms with Gasteiger partial charge in [0.25, 0.3) is 0 Å². The normalized spacial score (nSPS) is 19.6. The number of benzene rings is 1. The van der Waals surface area contributed by atoms with Gasteiger partial charge in [0.15, 0.2) is 5.82 Å². The monoisotopic (exact) mass is 364 g/mol. The molecule has 0 saturated carbocycles. The Morgan fingerprint density at radius 2 is 2.22 bits per heavy atom. The zero-order valence-electron chi connectivity index (χ0n) is 15.6. The van der Waals surface area contributed by atoms with Gasteiger partial charge in [0.2, 0.25) is 0 Å². The van der Waals surface area contributed by atoms with Crippen LogP contribution in [-0.4, -0.2) is 41.8 Å². The molecule has 1 N–H and O–H groups in total. The third-order valence-corrected chi connectivity index (χ3v) is 5.61. The summed E-state index contributed by atoms with van der Waals surface area (Å²) in [4.78, 5) is 15.5. The first-order chi connectivity index (χ1) is 13.3. The Kier molecular flexibility index (Phi) is 4.30. The molecule has 6 heteroatoms. The first-order valence-electron chi connectivity index (χ1n) is 9.60. The van der Waals surface area contributed by atoms with E-state index in [2.05, 4.69) is 40.2 Å². The highest BCUT2D eigenvalue weighted by atomic mass is 16.5. The minimum Gasteiger partial charge on any atom is -0.381 e. The van der Waals surface area contributed by atoms with E-state index >= 15 is 0 Å². The molecule has 2 aromatic heterocycles. The lowest BCUT2D eigenvalue weighted by atomic mass is 10.0. The molecule has 1 unspecified atom stereocenters. The second-order valence-electron chi connectivity index (χ2n) is 7.36. The zero-order valence-corrected chi connectivity index (χ0v) is 15.6. The van der Waals surface area contributed by atoms with Crippen LogP contribution in [0.1, 0.15) is 35.1 Å². The van der Waals surface area contributed by atoms with E-state index in [1.54, 1.807) is 7.11 Å². The molecular weight excluding hydrogens is 340 g/mol. The van der Waals surface area contributed by atoms with Gasteiger partial charge in [0, 0.05) is 67.4 Å². The van der Waals surface area contributed by atoms with E-state index < -0.39 is 0 Å². The number of ether oxygens (including phenoxy) is 2. The van der Waals surface area contributed by atoms with Gasteiger partial charge >= 0.3 is 0 Å². The lowest BCUT2D eigenvalue weighted by Crippen LogP contribution is -2.31. The van der Waals surface area contributed by atoms with Crippen molar-refractivity contribution in [2.24, 2.45) is 0 Å². The SMILES string of the molecule is COCc1nc(C2CCOC2)cc(N2CCc3[nH]c4ccccc4c3C2)n1. The Balaban J connectivity index is 1.50. The first kappa shape index (κ1) is 16.7. The second kappa shape index (κ2) is 6.94. The predicted molar refractivity (Wildman–Crippen MR) is 104 cm³/mol. The van der Waals surface area contributed by atoms with Crippen LogP contribution in [0.2, 0.25) is 0 Å². The lowest BCUT2D eigenvalue weighted by molar-refractivity contribution is 0.177. The molecule has 27 heavy (non-hydrogen) atoms. The van der Waals surface area contributed by atoms with Gasteiger partial charge in [-0.25, -0.2) is 9.97 Å². The number of fused-ring (bicyclic) bond motifs is 3. The number of aromatic amines is 1. The summed E-state index contributed by atoms with van der Waals surface area (Å²) in [7, 11) is 1.69. The second-order valence-corrected chi connectivity index (χ2v) is 7.36. The number of nitrogens with one attached hydrogen (secondary N) is 1. The molecular formula is C21H24N4O2. The topological polar surface area (TPSA) is 63.3 Å². The molecule has 0 aliphatic carbocycles. The Hall–Kier alpha value is -2.44. The van der Waals surface area contributed by atoms with E-state index in [-0.39, 0.29) is 0 Å². The van der Waals surface area contributed by atoms with Crippen LogP contribution in [0.15, 0.2) is 30.3 Å². The van der Waals surface area contributed by atoms with Gasteiger partial charge in [-0.3, -0.25) is 0 Å². The molecule has 0 bridgehead atoms. The Bertz CT molecular complexity index is 962. The van der Waals surface area contributed by atoms with Crippen LogP contribution >= 0.6 is 0 Å². The highest BCUT2D eigenvalue weighted by Gasteiger charge is 2.25. The molecule has 2 aliphatic heterocycles. The number of hydrogen-bond acceptors (Lipinski definition) is 5. The van der Waals surface area contributed by atoms with Gasteiger partial charge in [-0.05, 0) is 12.5 Å². The lowest BCUT2D eigenvalue weighted by Gasteiger charge is -2.29. The molecule has 0 amide bonds. The van der Waals surface area contributed by atoms with E-state index in [0.29, 0.717) is 12.5 Å². The highest BCUT2D eigenvalue weighted by Crippen LogP contribution is 2.31. The Labute approximate surface area is 158 Å². The van der Waals surface area contributed by atoms with Crippen LogP contribution < -0.4 is 4.90 Å². The maximum Gasteiger partial charge on any atom is 0.156 e. The van der Waals surface area contributed by atoms with Gasteiger partial charge in [-0.15, -0.1) is 0 Å². The summed E-state index contributed by atoms with van der Waals surface area (Å²) in [5.74, 6) is 2.10. The fourth-order valence-electron chi connectivity index (χ4n) is 4.20. The number of methoxy groups -OCH3 is 1. The summed E-state index contributed by atoms with van der Waals surface area (Å²) in [5, 5.41) is 1.31. The van der Waals surface area contributed by atoms with Crippen LogP contribution in [0, 0.1) is 0 Å². The molecule has 0 spiro atoms. The van der Waals surface area contributed by atoms with Gasteiger partial charge in [-0.2, -0.15) is 0 Å². The fourth-order valence-corrected chi connectivity index (χ4v) is 4.20. The molecule has 5 rings (SSSR count). The summed E-state index contributed by atoms with van der Waals surface area (Å²) in [6.07, 6.45) is 2.02. The number of H-pyrrole nitrogens is 1. The standard InChI is InChI=1S/C21H24N4O2/c1-26-13-20-23-19(14-7-9-27-12-14)10-21(24-20)25-8-6-18-16(11-25)15-4-2-3-5-17(15)22-18/h2-5,10,14,22H,6-9,11-13H2,1H3. The third kappa shape index (κ3) is 3.09. The summed E-state index contributed by atoms with van der Waals surface area (Å²) >= 11 is 0. The first-order valence-corrected chi connectivity index (χ1v) is 9.60. The van der Waals surface area contributed by atoms with E-state index in [0.717, 1.165) is 56.5 Å². The van der Waals surface area contributed by atoms with Crippen LogP contribution in [-0.2, 0) is 29.0 Å². The Morgan fingerprint density at radius 3 is 3.07 bits per heavy atom. The van der Waals surface area contributed by atoms with Crippen molar-refractivity contribution in [3.63, 3.8) is 0 Å². The number of nitrogens with zero attached hydrogens (tertiary/aromatic N) is 3. The average Bonchev–Trinajstić information content (AvgIpc) is 3.35. The molecule has 0 radical (unpaired) electrons. The van der Waals surface area contributed by atoms with E-state index in [4.69, 9.17) is 19.4 Å². The predicted octanol–water partition coefficient (Wildman–Crippen LogP) is 3.17. The maximum absolute atomic E-state index is 5.57. The van der Waals surface area contributed by atoms with Gasteiger partial charge in [0.1, 0.15) is 12.4 Å². The van der Waals surface area contributed by atoms with E-state index in [1.165, 1.54) is 22.2 Å². The third-order valence-electron chi connectivity index (χ3n) is 5.61. The smallest absolute Gasteiger partial charge is 0.156 e. The minimum absolute atomic E-state index is 0.357. The number of anilines is 1. The van der Waals surface area contributed by atoms with Crippen LogP contribution in [0.5, 0.6) is 0 Å². The number of rotatable bonds is 4. The van der Waals surface area contributed by atoms with Crippen molar-refractivity contribution >= 4 is 16.7 Å². The summed E-state index contributed by atoms with van der Waals surface area (Å²) in [6.45, 7) is 3.80. The van der Waals surface area contributed by atoms with E-state index in [9.17, 15) is 0 Å². The van der Waals surface area contributed by atoms with Crippen molar-refractivity contribution in [1.82, 2.24) is 15.0 Å². The van der Waals surface area contributed by atoms with Crippen LogP contribution in [0.25, 0.3) is 10.9 Å². The van der Waals surface area contributed by atoms with Crippen molar-refractivity contribution in [1.29, 1.82) is 0 Å². The molecule has 1 fully saturated rings. The quantitative estimate of drug-likeness (QED) is 0.770. The average molecular weight is 364 g/mol. The van der Waals surface area contributed by atoms with Gasteiger partial charge < -0.3 is 19.4 Å². The van der Waals surface area contributed by atoms with Gasteiger partial charge in [0.05, 0.1) is 12.3 Å². The van der Waals surface area contributed by atoms with E-state index in [1.807, 2.05) is 0 Å². The molecule has 6 nitrogen and oxygen atoms in total. The molecule has 140 valence electrons. The Morgan fingerprint density at radius 1 is 1.30 bits per heavy atom. The number of hydrogen-bond donors (Lipinski definition) is 1. The molecule has 1 aromatic carbocycles. The zero-order chi connectivity index (χ0) is 18.2. The summed E-state index contributed by atoms with van der Waals surface area (Å²) in [6, 6.07) is 10.7. The van der Waals surface area contributed by atoms with Crippen molar-refractivity contribution in [2.45, 2.75) is 31.9 Å². The van der Waals surface area contributed by atoms with Crippen molar-refractivity contribution in [3.05, 3.63) is 53.1 Å². The molecule has 1 saturated heterocycles. The highest BCUT2D eigenvalue weighted by molar-refractivity contribution is 5.85. The largest absolute Gasteiger partial charge is 0.381 e. The van der Waals surface area contributed by atoms with Gasteiger partial charge in [-0.1, -0.05) is 18.2 Å². The number of aromatic nitrogens is 3. The van der Waals surface area contributed by atoms with Crippen molar-refractivity contribution < 1.29 is 9.47 Å². The molecule has 4 heterocycles. The van der Waals surface area contributed by atoms with Crippen molar-refractivity contribution in [2.75, 3.05) is 31.8 Å². The van der Waals surface area contributed by atoms with Crippen LogP contribution in [0.4, 0.5) is 5.82 Å². The minimum atomic E-state index is 0.357. The maximum atomic E-state index is 5.57. The van der Waals surface area contributed by atoms with Crippen LogP contribution in [0.3, 0.4) is 0 Å². The molecule has 2 aliphatic rings. The molecule has 3 aromatic rings. The summed E-state index contributed by atoms with van der Waals surface area (Å²) < 4.78 is 10.9.